The third kappa shape index (κ3) is 7.73. The topological polar surface area (TPSA) is 40.5 Å². The summed E-state index contributed by atoms with van der Waals surface area (Å²) < 4.78 is 187. The zero-order valence-corrected chi connectivity index (χ0v) is 20.3. The Labute approximate surface area is 208 Å². The lowest BCUT2D eigenvalue weighted by Gasteiger charge is -2.40. The maximum absolute atomic E-state index is 12.8. The molecule has 0 heterocycles. The van der Waals surface area contributed by atoms with Crippen LogP contribution in [0.15, 0.2) is 0 Å². The predicted octanol–water partition coefficient (Wildman–Crippen LogP) is 8.13. The van der Waals surface area contributed by atoms with Crippen LogP contribution in [0.4, 0.5) is 65.9 Å². The zero-order valence-electron chi connectivity index (χ0n) is 20.3. The fourth-order valence-corrected chi connectivity index (χ4v) is 2.58. The molecule has 0 spiro atoms. The molecule has 3 nitrogen and oxygen atoms in total. The van der Waals surface area contributed by atoms with Crippen LogP contribution in [0.3, 0.4) is 0 Å². The van der Waals surface area contributed by atoms with E-state index in [-0.39, 0.29) is 0 Å². The summed E-state index contributed by atoms with van der Waals surface area (Å²) in [4.78, 5) is 12.4. The van der Waals surface area contributed by atoms with E-state index in [2.05, 4.69) is 25.7 Å². The van der Waals surface area contributed by atoms with E-state index >= 15 is 0 Å². The van der Waals surface area contributed by atoms with Crippen molar-refractivity contribution >= 4 is 5.97 Å². The highest BCUT2D eigenvalue weighted by Crippen LogP contribution is 2.62. The first-order valence-electron chi connectivity index (χ1n) is 11.1. The van der Waals surface area contributed by atoms with E-state index in [0.29, 0.717) is 0 Å². The number of carboxylic acids is 1. The molecule has 0 rings (SSSR count). The molecule has 0 aliphatic rings. The molecule has 1 N–H and O–H groups in total. The Kier molecular flexibility index (Phi) is 13.8. The van der Waals surface area contributed by atoms with Gasteiger partial charge in [0, 0.05) is 0 Å². The SMILES string of the molecule is CCCCN(CCCC)CCCC.O=C(O)C(F)(F)C(F)(F)C(F)(F)C(F)(F)C(F)(F)C(F)(F)C(F)(F)F. The van der Waals surface area contributed by atoms with Crippen LogP contribution in [0.5, 0.6) is 0 Å². The molecule has 0 aromatic carbocycles. The van der Waals surface area contributed by atoms with Crippen LogP contribution in [-0.4, -0.2) is 77.3 Å². The van der Waals surface area contributed by atoms with Crippen molar-refractivity contribution in [3.05, 3.63) is 0 Å². The minimum atomic E-state index is -8.47. The summed E-state index contributed by atoms with van der Waals surface area (Å²) in [5.41, 5.74) is 0. The predicted molar refractivity (Wildman–Crippen MR) is 105 cm³/mol. The fourth-order valence-electron chi connectivity index (χ4n) is 2.58. The number of hydrogen-bond acceptors (Lipinski definition) is 2. The number of halogens is 15. The molecule has 0 saturated heterocycles. The molecule has 0 amide bonds. The molecule has 0 aromatic rings. The van der Waals surface area contributed by atoms with Crippen LogP contribution in [0, 0.1) is 0 Å². The van der Waals surface area contributed by atoms with Gasteiger partial charge in [0.2, 0.25) is 0 Å². The van der Waals surface area contributed by atoms with Gasteiger partial charge in [-0.3, -0.25) is 0 Å². The Morgan fingerprint density at radius 2 is 0.789 bits per heavy atom. The lowest BCUT2D eigenvalue weighted by Crippen LogP contribution is -2.73. The molecule has 0 unspecified atom stereocenters. The highest BCUT2D eigenvalue weighted by atomic mass is 19.4. The molecule has 0 bridgehead atoms. The standard InChI is InChI=1S/C12H27N.C8HF15O2/c1-4-7-10-13(11-8-5-2)12-9-6-3;9-2(10,1(24)25)3(11,12)4(13,14)5(15,16)6(17,18)7(19,20)8(21,22)23/h4-12H2,1-3H3;(H,24,25). The highest BCUT2D eigenvalue weighted by molar-refractivity contribution is 5.77. The number of aliphatic carboxylic acids is 1. The van der Waals surface area contributed by atoms with Gasteiger partial charge in [0.05, 0.1) is 0 Å². The lowest BCUT2D eigenvalue weighted by molar-refractivity contribution is -0.450. The smallest absolute Gasteiger partial charge is 0.460 e. The van der Waals surface area contributed by atoms with Crippen LogP contribution < -0.4 is 0 Å². The minimum Gasteiger partial charge on any atom is -0.477 e. The second-order valence-corrected chi connectivity index (χ2v) is 8.15. The first kappa shape index (κ1) is 38.5. The summed E-state index contributed by atoms with van der Waals surface area (Å²) >= 11 is 0. The summed E-state index contributed by atoms with van der Waals surface area (Å²) in [6.07, 6.45) is 0.396. The monoisotopic (exact) mass is 599 g/mol. The van der Waals surface area contributed by atoms with Crippen LogP contribution in [0.1, 0.15) is 59.3 Å². The van der Waals surface area contributed by atoms with Crippen molar-refractivity contribution < 1.29 is 75.8 Å². The first-order chi connectivity index (χ1) is 16.8. The van der Waals surface area contributed by atoms with Gasteiger partial charge < -0.3 is 10.0 Å². The zero-order chi connectivity index (χ0) is 31.0. The van der Waals surface area contributed by atoms with Gasteiger partial charge >= 0.3 is 47.7 Å². The van der Waals surface area contributed by atoms with E-state index in [4.69, 9.17) is 5.11 Å². The third-order valence-corrected chi connectivity index (χ3v) is 5.08. The number of rotatable bonds is 15. The van der Waals surface area contributed by atoms with Gasteiger partial charge in [-0.25, -0.2) is 4.79 Å². The number of carbonyl (C=O) groups is 1. The van der Waals surface area contributed by atoms with E-state index in [1.54, 1.807) is 0 Å². The molecule has 0 radical (unpaired) electrons. The molecule has 0 atom stereocenters. The Balaban J connectivity index is 0. The molecule has 230 valence electrons. The van der Waals surface area contributed by atoms with E-state index in [9.17, 15) is 70.7 Å². The maximum atomic E-state index is 12.8. The summed E-state index contributed by atoms with van der Waals surface area (Å²) in [7, 11) is 0. The normalized spacial score (nSPS) is 14.4. The van der Waals surface area contributed by atoms with E-state index in [1.807, 2.05) is 0 Å². The Morgan fingerprint density at radius 1 is 0.526 bits per heavy atom. The van der Waals surface area contributed by atoms with Crippen molar-refractivity contribution in [1.82, 2.24) is 4.90 Å². The van der Waals surface area contributed by atoms with Crippen molar-refractivity contribution in [2.45, 2.75) is 101 Å². The van der Waals surface area contributed by atoms with Crippen LogP contribution in [0.25, 0.3) is 0 Å². The third-order valence-electron chi connectivity index (χ3n) is 5.08. The van der Waals surface area contributed by atoms with E-state index < -0.39 is 47.7 Å². The van der Waals surface area contributed by atoms with Crippen molar-refractivity contribution in [2.24, 2.45) is 0 Å². The highest BCUT2D eigenvalue weighted by Gasteiger charge is 2.94. The Bertz CT molecular complexity index is 705. The minimum absolute atomic E-state index is 1.32. The Hall–Kier alpha value is -1.62. The van der Waals surface area contributed by atoms with Crippen molar-refractivity contribution in [3.63, 3.8) is 0 Å². The molecule has 38 heavy (non-hydrogen) atoms. The average molecular weight is 599 g/mol. The van der Waals surface area contributed by atoms with Crippen LogP contribution in [0.2, 0.25) is 0 Å². The van der Waals surface area contributed by atoms with Gasteiger partial charge in [0.15, 0.2) is 0 Å². The first-order valence-corrected chi connectivity index (χ1v) is 11.1. The summed E-state index contributed by atoms with van der Waals surface area (Å²) in [5, 5.41) is 7.57. The molecule has 0 fully saturated rings. The van der Waals surface area contributed by atoms with Crippen molar-refractivity contribution in [3.8, 4) is 0 Å². The van der Waals surface area contributed by atoms with E-state index in [1.165, 1.54) is 58.2 Å². The van der Waals surface area contributed by atoms with Gasteiger partial charge in [-0.1, -0.05) is 40.0 Å². The molecule has 0 aliphatic heterocycles. The van der Waals surface area contributed by atoms with Gasteiger partial charge in [-0.2, -0.15) is 65.9 Å². The number of carboxylic acid groups (broad SMARTS) is 1. The number of unbranched alkanes of at least 4 members (excludes halogenated alkanes) is 3. The average Bonchev–Trinajstić information content (AvgIpc) is 2.77. The molecule has 18 heteroatoms. The Morgan fingerprint density at radius 3 is 1.03 bits per heavy atom. The summed E-state index contributed by atoms with van der Waals surface area (Å²) in [6, 6.07) is 0. The van der Waals surface area contributed by atoms with Gasteiger partial charge in [-0.05, 0) is 38.9 Å². The van der Waals surface area contributed by atoms with Crippen LogP contribution >= 0.6 is 0 Å². The summed E-state index contributed by atoms with van der Waals surface area (Å²) in [5.74, 6) is -52.8. The van der Waals surface area contributed by atoms with Gasteiger partial charge in [0.25, 0.3) is 0 Å². The molecular weight excluding hydrogens is 571 g/mol. The largest absolute Gasteiger partial charge is 0.477 e. The number of hydrogen-bond donors (Lipinski definition) is 1. The number of alkyl halides is 15. The van der Waals surface area contributed by atoms with Crippen LogP contribution in [-0.2, 0) is 4.79 Å². The quantitative estimate of drug-likeness (QED) is 0.193. The molecule has 0 aliphatic carbocycles. The molecule has 0 saturated carbocycles. The fraction of sp³-hybridized carbons (Fsp3) is 0.950. The molecule has 0 aromatic heterocycles. The maximum Gasteiger partial charge on any atom is 0.460 e. The van der Waals surface area contributed by atoms with Gasteiger partial charge in [-0.15, -0.1) is 0 Å². The molecular formula is C20H28F15NO2. The van der Waals surface area contributed by atoms with Crippen molar-refractivity contribution in [1.29, 1.82) is 0 Å². The lowest BCUT2D eigenvalue weighted by atomic mass is 9.91. The second-order valence-electron chi connectivity index (χ2n) is 8.15. The number of nitrogens with zero attached hydrogens (tertiary/aromatic N) is 1. The summed E-state index contributed by atoms with van der Waals surface area (Å²) in [6.45, 7) is 10.8. The second kappa shape index (κ2) is 13.6. The van der Waals surface area contributed by atoms with Crippen molar-refractivity contribution in [2.75, 3.05) is 19.6 Å². The van der Waals surface area contributed by atoms with E-state index in [0.717, 1.165) is 0 Å². The van der Waals surface area contributed by atoms with Gasteiger partial charge in [0.1, 0.15) is 0 Å².